The average Bonchev–Trinajstić information content (AvgIpc) is 2.78. The number of fused-ring (bicyclic) bond motifs is 1. The zero-order valence-electron chi connectivity index (χ0n) is 15.8. The molecule has 1 heterocycles. The summed E-state index contributed by atoms with van der Waals surface area (Å²) in [7, 11) is 0. The SMILES string of the molecule is N#C[C@@H](N=CC1C(=O)N(c2ccccc2Cl)C(=O)c2ccccc21)c1ccccc1. The van der Waals surface area contributed by atoms with Crippen LogP contribution >= 0.6 is 11.6 Å². The number of carbonyl (C=O) groups excluding carboxylic acids is 2. The molecule has 6 heteroatoms. The Balaban J connectivity index is 1.78. The molecule has 3 aromatic carbocycles. The second-order valence-corrected chi connectivity index (χ2v) is 7.14. The fraction of sp³-hybridized carbons (Fsp3) is 0.0833. The third-order valence-electron chi connectivity index (χ3n) is 4.93. The molecule has 2 amide bonds. The van der Waals surface area contributed by atoms with E-state index in [9.17, 15) is 14.9 Å². The van der Waals surface area contributed by atoms with Crippen molar-refractivity contribution >= 4 is 35.3 Å². The summed E-state index contributed by atoms with van der Waals surface area (Å²) >= 11 is 6.27. The first-order valence-electron chi connectivity index (χ1n) is 9.31. The number of carbonyl (C=O) groups is 2. The Morgan fingerprint density at radius 1 is 0.967 bits per heavy atom. The number of hydrogen-bond acceptors (Lipinski definition) is 4. The summed E-state index contributed by atoms with van der Waals surface area (Å²) in [5.41, 5.74) is 2.01. The minimum atomic E-state index is -0.810. The summed E-state index contributed by atoms with van der Waals surface area (Å²) < 4.78 is 0. The summed E-state index contributed by atoms with van der Waals surface area (Å²) in [4.78, 5) is 31.9. The van der Waals surface area contributed by atoms with Gasteiger partial charge in [0.15, 0.2) is 6.04 Å². The first-order valence-corrected chi connectivity index (χ1v) is 9.69. The molecule has 3 aromatic rings. The molecule has 0 radical (unpaired) electrons. The Morgan fingerprint density at radius 3 is 2.37 bits per heavy atom. The Bertz CT molecular complexity index is 1180. The lowest BCUT2D eigenvalue weighted by Crippen LogP contribution is -2.45. The molecule has 30 heavy (non-hydrogen) atoms. The van der Waals surface area contributed by atoms with Crippen molar-refractivity contribution in [2.24, 2.45) is 4.99 Å². The minimum Gasteiger partial charge on any atom is -0.273 e. The Morgan fingerprint density at radius 2 is 1.63 bits per heavy atom. The van der Waals surface area contributed by atoms with Gasteiger partial charge in [-0.2, -0.15) is 5.26 Å². The quantitative estimate of drug-likeness (QED) is 0.449. The van der Waals surface area contributed by atoms with E-state index in [1.165, 1.54) is 6.21 Å². The van der Waals surface area contributed by atoms with Crippen molar-refractivity contribution in [1.82, 2.24) is 0 Å². The number of amides is 2. The largest absolute Gasteiger partial charge is 0.273 e. The van der Waals surface area contributed by atoms with Crippen LogP contribution in [0, 0.1) is 11.3 Å². The third-order valence-corrected chi connectivity index (χ3v) is 5.25. The van der Waals surface area contributed by atoms with Gasteiger partial charge in [-0.3, -0.25) is 14.6 Å². The van der Waals surface area contributed by atoms with Crippen molar-refractivity contribution in [2.75, 3.05) is 4.90 Å². The van der Waals surface area contributed by atoms with Crippen LogP contribution in [0.1, 0.15) is 33.4 Å². The number of benzene rings is 3. The van der Waals surface area contributed by atoms with Crippen LogP contribution in [0.15, 0.2) is 83.9 Å². The molecular formula is C24H16ClN3O2. The van der Waals surface area contributed by atoms with Gasteiger partial charge in [0.25, 0.3) is 5.91 Å². The number of halogens is 1. The molecule has 0 aliphatic carbocycles. The number of imide groups is 1. The van der Waals surface area contributed by atoms with Gasteiger partial charge in [0.2, 0.25) is 5.91 Å². The maximum Gasteiger partial charge on any atom is 0.265 e. The molecular weight excluding hydrogens is 398 g/mol. The van der Waals surface area contributed by atoms with Gasteiger partial charge in [-0.25, -0.2) is 4.90 Å². The van der Waals surface area contributed by atoms with Crippen molar-refractivity contribution in [3.8, 4) is 6.07 Å². The van der Waals surface area contributed by atoms with Crippen molar-refractivity contribution in [3.63, 3.8) is 0 Å². The lowest BCUT2D eigenvalue weighted by molar-refractivity contribution is -0.118. The predicted molar refractivity (Wildman–Crippen MR) is 116 cm³/mol. The summed E-state index contributed by atoms with van der Waals surface area (Å²) in [6.07, 6.45) is 1.46. The van der Waals surface area contributed by atoms with Crippen molar-refractivity contribution in [1.29, 1.82) is 5.26 Å². The van der Waals surface area contributed by atoms with Gasteiger partial charge in [-0.05, 0) is 29.3 Å². The van der Waals surface area contributed by atoms with Crippen molar-refractivity contribution in [2.45, 2.75) is 12.0 Å². The van der Waals surface area contributed by atoms with E-state index in [0.29, 0.717) is 21.8 Å². The summed E-state index contributed by atoms with van der Waals surface area (Å²) in [5.74, 6) is -1.71. The van der Waals surface area contributed by atoms with Crippen LogP contribution in [0.4, 0.5) is 5.69 Å². The Labute approximate surface area is 178 Å². The molecule has 2 atom stereocenters. The third kappa shape index (κ3) is 3.49. The van der Waals surface area contributed by atoms with Crippen LogP contribution in [0.3, 0.4) is 0 Å². The second-order valence-electron chi connectivity index (χ2n) is 6.74. The Kier molecular flexibility index (Phi) is 5.42. The number of anilines is 1. The standard InChI is InChI=1S/C24H16ClN3O2/c25-20-12-6-7-13-22(20)28-23(29)18-11-5-4-10-17(18)19(24(28)30)15-27-21(14-26)16-8-2-1-3-9-16/h1-13,15,19,21H/t19?,21-/m1/s1. The maximum absolute atomic E-state index is 13.4. The lowest BCUT2D eigenvalue weighted by Gasteiger charge is -2.31. The lowest BCUT2D eigenvalue weighted by atomic mass is 9.88. The molecule has 0 saturated carbocycles. The zero-order valence-corrected chi connectivity index (χ0v) is 16.5. The highest BCUT2D eigenvalue weighted by molar-refractivity contribution is 6.37. The van der Waals surface area contributed by atoms with Gasteiger partial charge in [0.05, 0.1) is 22.7 Å². The molecule has 1 aliphatic rings. The van der Waals surface area contributed by atoms with E-state index in [4.69, 9.17) is 11.6 Å². The van der Waals surface area contributed by atoms with E-state index < -0.39 is 23.8 Å². The van der Waals surface area contributed by atoms with Gasteiger partial charge in [-0.15, -0.1) is 0 Å². The van der Waals surface area contributed by atoms with Crippen LogP contribution in [-0.4, -0.2) is 18.0 Å². The Hall–Kier alpha value is -3.75. The van der Waals surface area contributed by atoms with Crippen molar-refractivity contribution < 1.29 is 9.59 Å². The second kappa shape index (κ2) is 8.32. The molecule has 1 unspecified atom stereocenters. The maximum atomic E-state index is 13.4. The first kappa shape index (κ1) is 19.6. The molecule has 5 nitrogen and oxygen atoms in total. The fourth-order valence-electron chi connectivity index (χ4n) is 3.46. The van der Waals surface area contributed by atoms with Crippen LogP contribution < -0.4 is 4.90 Å². The molecule has 0 N–H and O–H groups in total. The van der Waals surface area contributed by atoms with Gasteiger partial charge in [-0.1, -0.05) is 72.3 Å². The van der Waals surface area contributed by atoms with Crippen molar-refractivity contribution in [3.05, 3.63) is 101 Å². The zero-order chi connectivity index (χ0) is 21.1. The highest BCUT2D eigenvalue weighted by Crippen LogP contribution is 2.35. The fourth-order valence-corrected chi connectivity index (χ4v) is 3.68. The summed E-state index contributed by atoms with van der Waals surface area (Å²) in [6.45, 7) is 0. The van der Waals surface area contributed by atoms with Gasteiger partial charge >= 0.3 is 0 Å². The average molecular weight is 414 g/mol. The molecule has 0 spiro atoms. The number of aliphatic imine (C=N–C) groups is 1. The van der Waals surface area contributed by atoms with E-state index in [-0.39, 0.29) is 0 Å². The number of hydrogen-bond donors (Lipinski definition) is 0. The molecule has 0 bridgehead atoms. The molecule has 4 rings (SSSR count). The van der Waals surface area contributed by atoms with E-state index in [0.717, 1.165) is 10.5 Å². The molecule has 0 saturated heterocycles. The molecule has 146 valence electrons. The van der Waals surface area contributed by atoms with Gasteiger partial charge in [0.1, 0.15) is 0 Å². The van der Waals surface area contributed by atoms with E-state index in [2.05, 4.69) is 11.1 Å². The van der Waals surface area contributed by atoms with Crippen LogP contribution in [0.25, 0.3) is 0 Å². The van der Waals surface area contributed by atoms with Crippen LogP contribution in [0.5, 0.6) is 0 Å². The topological polar surface area (TPSA) is 73.5 Å². The van der Waals surface area contributed by atoms with E-state index >= 15 is 0 Å². The van der Waals surface area contributed by atoms with E-state index in [1.807, 2.05) is 18.2 Å². The smallest absolute Gasteiger partial charge is 0.265 e. The highest BCUT2D eigenvalue weighted by Gasteiger charge is 2.39. The monoisotopic (exact) mass is 413 g/mol. The molecule has 0 aromatic heterocycles. The first-order chi connectivity index (χ1) is 14.6. The summed E-state index contributed by atoms with van der Waals surface area (Å²) in [5, 5.41) is 9.85. The number of nitriles is 1. The van der Waals surface area contributed by atoms with Crippen LogP contribution in [0.2, 0.25) is 5.02 Å². The highest BCUT2D eigenvalue weighted by atomic mass is 35.5. The molecule has 1 aliphatic heterocycles. The number of nitrogens with zero attached hydrogens (tertiary/aromatic N) is 3. The minimum absolute atomic E-state index is 0.299. The summed E-state index contributed by atoms with van der Waals surface area (Å²) in [6, 6.07) is 24.1. The van der Waals surface area contributed by atoms with E-state index in [1.54, 1.807) is 60.7 Å². The van der Waals surface area contributed by atoms with Gasteiger partial charge < -0.3 is 0 Å². The number of rotatable bonds is 4. The van der Waals surface area contributed by atoms with Gasteiger partial charge in [0, 0.05) is 11.8 Å². The predicted octanol–water partition coefficient (Wildman–Crippen LogP) is 4.95. The molecule has 0 fully saturated rings. The number of para-hydroxylation sites is 1. The normalized spacial score (nSPS) is 16.9. The van der Waals surface area contributed by atoms with Crippen LogP contribution in [-0.2, 0) is 4.79 Å².